The summed E-state index contributed by atoms with van der Waals surface area (Å²) in [6.07, 6.45) is 0. The zero-order chi connectivity index (χ0) is 15.6. The van der Waals surface area contributed by atoms with E-state index in [1.807, 2.05) is 20.8 Å². The summed E-state index contributed by atoms with van der Waals surface area (Å²) >= 11 is 1.14. The van der Waals surface area contributed by atoms with Crippen LogP contribution in [0.2, 0.25) is 0 Å². The monoisotopic (exact) mass is 312 g/mol. The molecule has 0 aliphatic carbocycles. The average Bonchev–Trinajstić information content (AvgIpc) is 2.73. The zero-order valence-corrected chi connectivity index (χ0v) is 13.5. The van der Waals surface area contributed by atoms with Crippen molar-refractivity contribution < 1.29 is 19.1 Å². The maximum absolute atomic E-state index is 12.1. The van der Waals surface area contributed by atoms with Crippen molar-refractivity contribution in [3.05, 3.63) is 10.6 Å². The first-order valence-electron chi connectivity index (χ1n) is 6.85. The fourth-order valence-electron chi connectivity index (χ4n) is 1.73. The van der Waals surface area contributed by atoms with Gasteiger partial charge in [0.25, 0.3) is 0 Å². The predicted octanol–water partition coefficient (Wildman–Crippen LogP) is 2.24. The third-order valence-corrected chi connectivity index (χ3v) is 4.19. The smallest absolute Gasteiger partial charge is 0.350 e. The topological polar surface area (TPSA) is 77.5 Å². The summed E-state index contributed by atoms with van der Waals surface area (Å²) in [5.74, 6) is -0.248. The average molecular weight is 312 g/mol. The van der Waals surface area contributed by atoms with Crippen molar-refractivity contribution in [1.29, 1.82) is 0 Å². The van der Waals surface area contributed by atoms with Gasteiger partial charge in [-0.2, -0.15) is 0 Å². The van der Waals surface area contributed by atoms with E-state index in [0.29, 0.717) is 35.5 Å². The second-order valence-electron chi connectivity index (χ2n) is 5.93. The minimum absolute atomic E-state index is 0.135. The lowest BCUT2D eigenvalue weighted by Crippen LogP contribution is -2.49. The Hall–Kier alpha value is -1.47. The molecule has 1 amide bonds. The van der Waals surface area contributed by atoms with Crippen LogP contribution in [-0.4, -0.2) is 36.7 Å². The molecule has 0 aromatic carbocycles. The van der Waals surface area contributed by atoms with Gasteiger partial charge in [-0.05, 0) is 19.8 Å². The normalized spacial score (nSPS) is 16.4. The number of hydrogen-bond donors (Lipinski definition) is 1. The summed E-state index contributed by atoms with van der Waals surface area (Å²) in [6, 6.07) is 0. The second kappa shape index (κ2) is 6.11. The Morgan fingerprint density at radius 3 is 2.67 bits per heavy atom. The second-order valence-corrected chi connectivity index (χ2v) is 6.93. The minimum atomic E-state index is -0.502. The zero-order valence-electron chi connectivity index (χ0n) is 12.7. The first-order chi connectivity index (χ1) is 9.82. The highest BCUT2D eigenvalue weighted by molar-refractivity contribution is 7.17. The Labute approximate surface area is 127 Å². The number of nitrogens with one attached hydrogen (secondary N) is 1. The van der Waals surface area contributed by atoms with Crippen molar-refractivity contribution in [2.75, 3.05) is 25.1 Å². The van der Waals surface area contributed by atoms with Gasteiger partial charge in [0.05, 0.1) is 30.9 Å². The van der Waals surface area contributed by atoms with Crippen molar-refractivity contribution in [2.24, 2.45) is 11.3 Å². The van der Waals surface area contributed by atoms with Crippen LogP contribution in [0.3, 0.4) is 0 Å². The Kier molecular flexibility index (Phi) is 4.63. The van der Waals surface area contributed by atoms with Crippen molar-refractivity contribution in [2.45, 2.75) is 27.7 Å². The maximum atomic E-state index is 12.1. The Bertz CT molecular complexity index is 549. The van der Waals surface area contributed by atoms with Gasteiger partial charge in [0.1, 0.15) is 4.88 Å². The van der Waals surface area contributed by atoms with E-state index >= 15 is 0 Å². The summed E-state index contributed by atoms with van der Waals surface area (Å²) in [6.45, 7) is 8.70. The molecule has 0 atom stereocenters. The molecule has 0 unspecified atom stereocenters. The van der Waals surface area contributed by atoms with E-state index in [4.69, 9.17) is 9.47 Å². The van der Waals surface area contributed by atoms with E-state index in [2.05, 4.69) is 10.3 Å². The molecule has 1 fully saturated rings. The van der Waals surface area contributed by atoms with Gasteiger partial charge in [0, 0.05) is 0 Å². The Morgan fingerprint density at radius 1 is 1.48 bits per heavy atom. The SMILES string of the molecule is Cc1nc(NC(=O)C2(C)COC2)sc1C(=O)OCC(C)C. The van der Waals surface area contributed by atoms with E-state index in [-0.39, 0.29) is 11.8 Å². The van der Waals surface area contributed by atoms with Gasteiger partial charge in [-0.15, -0.1) is 0 Å². The molecule has 7 heteroatoms. The number of nitrogens with zero attached hydrogens (tertiary/aromatic N) is 1. The molecule has 0 spiro atoms. The highest BCUT2D eigenvalue weighted by atomic mass is 32.1. The molecule has 1 N–H and O–H groups in total. The third kappa shape index (κ3) is 3.59. The van der Waals surface area contributed by atoms with Gasteiger partial charge >= 0.3 is 5.97 Å². The van der Waals surface area contributed by atoms with Gasteiger partial charge in [-0.3, -0.25) is 4.79 Å². The number of aromatic nitrogens is 1. The molecule has 21 heavy (non-hydrogen) atoms. The van der Waals surface area contributed by atoms with Crippen LogP contribution < -0.4 is 5.32 Å². The van der Waals surface area contributed by atoms with E-state index in [9.17, 15) is 9.59 Å². The number of hydrogen-bond acceptors (Lipinski definition) is 6. The molecule has 116 valence electrons. The lowest BCUT2D eigenvalue weighted by Gasteiger charge is -2.35. The van der Waals surface area contributed by atoms with Gasteiger partial charge in [0.15, 0.2) is 5.13 Å². The standard InChI is InChI=1S/C14H20N2O4S/c1-8(2)5-20-11(17)10-9(3)15-13(21-10)16-12(18)14(4)6-19-7-14/h8H,5-7H2,1-4H3,(H,15,16,18). The van der Waals surface area contributed by atoms with Crippen molar-refractivity contribution >= 4 is 28.3 Å². The molecule has 1 aromatic heterocycles. The molecule has 1 aliphatic rings. The van der Waals surface area contributed by atoms with Gasteiger partial charge in [0.2, 0.25) is 5.91 Å². The lowest BCUT2D eigenvalue weighted by atomic mass is 9.88. The van der Waals surface area contributed by atoms with Gasteiger partial charge < -0.3 is 14.8 Å². The summed E-state index contributed by atoms with van der Waals surface area (Å²) < 4.78 is 10.3. The molecule has 1 aliphatic heterocycles. The molecule has 6 nitrogen and oxygen atoms in total. The van der Waals surface area contributed by atoms with E-state index in [1.54, 1.807) is 6.92 Å². The number of aryl methyl sites for hydroxylation is 1. The molecular weight excluding hydrogens is 292 g/mol. The quantitative estimate of drug-likeness (QED) is 0.844. The van der Waals surface area contributed by atoms with Crippen LogP contribution in [0.5, 0.6) is 0 Å². The number of carbonyl (C=O) groups excluding carboxylic acids is 2. The molecule has 2 heterocycles. The fraction of sp³-hybridized carbons (Fsp3) is 0.643. The van der Waals surface area contributed by atoms with Crippen molar-refractivity contribution in [3.8, 4) is 0 Å². The summed E-state index contributed by atoms with van der Waals surface area (Å²) in [5.41, 5.74) is 0.0665. The lowest BCUT2D eigenvalue weighted by molar-refractivity contribution is -0.151. The molecule has 1 saturated heterocycles. The van der Waals surface area contributed by atoms with Crippen LogP contribution in [0.15, 0.2) is 0 Å². The minimum Gasteiger partial charge on any atom is -0.461 e. The predicted molar refractivity (Wildman–Crippen MR) is 79.5 cm³/mol. The first-order valence-corrected chi connectivity index (χ1v) is 7.67. The van der Waals surface area contributed by atoms with E-state index in [1.165, 1.54) is 0 Å². The van der Waals surface area contributed by atoms with E-state index in [0.717, 1.165) is 11.3 Å². The van der Waals surface area contributed by atoms with Crippen LogP contribution in [0.25, 0.3) is 0 Å². The number of ether oxygens (including phenoxy) is 2. The van der Waals surface area contributed by atoms with Crippen LogP contribution in [-0.2, 0) is 14.3 Å². The number of anilines is 1. The summed E-state index contributed by atoms with van der Waals surface area (Å²) in [4.78, 5) is 28.7. The molecule has 0 radical (unpaired) electrons. The van der Waals surface area contributed by atoms with Crippen LogP contribution >= 0.6 is 11.3 Å². The molecule has 2 rings (SSSR count). The largest absolute Gasteiger partial charge is 0.461 e. The Balaban J connectivity index is 2.01. The van der Waals surface area contributed by atoms with Crippen molar-refractivity contribution in [3.63, 3.8) is 0 Å². The number of thiazole rings is 1. The highest BCUT2D eigenvalue weighted by Crippen LogP contribution is 2.30. The third-order valence-electron chi connectivity index (χ3n) is 3.14. The van der Waals surface area contributed by atoms with Crippen LogP contribution in [0.1, 0.15) is 36.1 Å². The summed E-state index contributed by atoms with van der Waals surface area (Å²) in [5, 5.41) is 3.16. The molecule has 1 aromatic rings. The highest BCUT2D eigenvalue weighted by Gasteiger charge is 2.41. The van der Waals surface area contributed by atoms with Gasteiger partial charge in [-0.25, -0.2) is 9.78 Å². The van der Waals surface area contributed by atoms with Gasteiger partial charge in [-0.1, -0.05) is 25.2 Å². The fourth-order valence-corrected chi connectivity index (χ4v) is 2.59. The summed E-state index contributed by atoms with van der Waals surface area (Å²) in [7, 11) is 0. The first kappa shape index (κ1) is 15.9. The maximum Gasteiger partial charge on any atom is 0.350 e. The molecule has 0 bridgehead atoms. The number of rotatable bonds is 5. The number of esters is 1. The molecular formula is C14H20N2O4S. The van der Waals surface area contributed by atoms with Crippen molar-refractivity contribution in [1.82, 2.24) is 4.98 Å². The van der Waals surface area contributed by atoms with Crippen LogP contribution in [0.4, 0.5) is 5.13 Å². The molecule has 0 saturated carbocycles. The number of amides is 1. The van der Waals surface area contributed by atoms with E-state index < -0.39 is 11.4 Å². The Morgan fingerprint density at radius 2 is 2.14 bits per heavy atom. The number of carbonyl (C=O) groups is 2. The van der Waals surface area contributed by atoms with Crippen LogP contribution in [0, 0.1) is 18.3 Å².